The SMILES string of the molecule is CCCc1cc(NC(=O)Cc2ccc(N)cn2)n[nH]1. The van der Waals surface area contributed by atoms with Crippen LogP contribution in [0.25, 0.3) is 0 Å². The van der Waals surface area contributed by atoms with Crippen molar-refractivity contribution in [3.05, 3.63) is 35.8 Å². The molecule has 0 bridgehead atoms. The van der Waals surface area contributed by atoms with Crippen LogP contribution in [0.1, 0.15) is 24.7 Å². The normalized spacial score (nSPS) is 10.4. The van der Waals surface area contributed by atoms with Crippen molar-refractivity contribution in [2.24, 2.45) is 0 Å². The van der Waals surface area contributed by atoms with E-state index in [-0.39, 0.29) is 12.3 Å². The van der Waals surface area contributed by atoms with Crippen molar-refractivity contribution in [3.63, 3.8) is 0 Å². The second kappa shape index (κ2) is 5.99. The van der Waals surface area contributed by atoms with Gasteiger partial charge in [-0.05, 0) is 18.6 Å². The Morgan fingerprint density at radius 3 is 3.00 bits per heavy atom. The van der Waals surface area contributed by atoms with E-state index in [0.717, 1.165) is 18.5 Å². The second-order valence-corrected chi connectivity index (χ2v) is 4.34. The molecule has 0 aromatic carbocycles. The molecule has 6 nitrogen and oxygen atoms in total. The van der Waals surface area contributed by atoms with Crippen molar-refractivity contribution in [2.45, 2.75) is 26.2 Å². The van der Waals surface area contributed by atoms with Gasteiger partial charge in [-0.1, -0.05) is 13.3 Å². The number of nitrogens with two attached hydrogens (primary N) is 1. The average molecular weight is 259 g/mol. The number of anilines is 2. The molecule has 2 heterocycles. The van der Waals surface area contributed by atoms with Crippen LogP contribution in [0.5, 0.6) is 0 Å². The highest BCUT2D eigenvalue weighted by Crippen LogP contribution is 2.08. The summed E-state index contributed by atoms with van der Waals surface area (Å²) in [6.07, 6.45) is 3.69. The summed E-state index contributed by atoms with van der Waals surface area (Å²) in [5.41, 5.74) is 7.81. The van der Waals surface area contributed by atoms with Crippen LogP contribution in [0.15, 0.2) is 24.4 Å². The first-order valence-corrected chi connectivity index (χ1v) is 6.22. The quantitative estimate of drug-likeness (QED) is 0.758. The minimum absolute atomic E-state index is 0.146. The maximum Gasteiger partial charge on any atom is 0.231 e. The minimum Gasteiger partial charge on any atom is -0.397 e. The maximum atomic E-state index is 11.8. The number of aromatic nitrogens is 3. The highest BCUT2D eigenvalue weighted by Gasteiger charge is 2.07. The van der Waals surface area contributed by atoms with Gasteiger partial charge in [-0.3, -0.25) is 14.9 Å². The largest absolute Gasteiger partial charge is 0.397 e. The van der Waals surface area contributed by atoms with Gasteiger partial charge < -0.3 is 11.1 Å². The van der Waals surface area contributed by atoms with Crippen LogP contribution in [0.2, 0.25) is 0 Å². The monoisotopic (exact) mass is 259 g/mol. The van der Waals surface area contributed by atoms with E-state index in [1.807, 2.05) is 6.07 Å². The van der Waals surface area contributed by atoms with E-state index in [9.17, 15) is 4.79 Å². The summed E-state index contributed by atoms with van der Waals surface area (Å²) in [6, 6.07) is 5.31. The van der Waals surface area contributed by atoms with Gasteiger partial charge in [0.2, 0.25) is 5.91 Å². The number of hydrogen-bond acceptors (Lipinski definition) is 4. The van der Waals surface area contributed by atoms with Gasteiger partial charge in [0.25, 0.3) is 0 Å². The van der Waals surface area contributed by atoms with Gasteiger partial charge in [-0.2, -0.15) is 5.10 Å². The third kappa shape index (κ3) is 3.80. The third-order valence-electron chi connectivity index (χ3n) is 2.61. The zero-order valence-corrected chi connectivity index (χ0v) is 10.8. The number of hydrogen-bond donors (Lipinski definition) is 3. The summed E-state index contributed by atoms with van der Waals surface area (Å²) >= 11 is 0. The van der Waals surface area contributed by atoms with Gasteiger partial charge in [-0.25, -0.2) is 0 Å². The van der Waals surface area contributed by atoms with E-state index in [4.69, 9.17) is 5.73 Å². The van der Waals surface area contributed by atoms with Crippen LogP contribution in [-0.4, -0.2) is 21.1 Å². The maximum absolute atomic E-state index is 11.8. The molecular weight excluding hydrogens is 242 g/mol. The molecule has 0 saturated carbocycles. The summed E-state index contributed by atoms with van der Waals surface area (Å²) in [5, 5.41) is 9.65. The third-order valence-corrected chi connectivity index (χ3v) is 2.61. The number of pyridine rings is 1. The molecule has 6 heteroatoms. The van der Waals surface area contributed by atoms with E-state index >= 15 is 0 Å². The summed E-state index contributed by atoms with van der Waals surface area (Å²) < 4.78 is 0. The van der Waals surface area contributed by atoms with Crippen LogP contribution in [0.4, 0.5) is 11.5 Å². The number of nitrogen functional groups attached to an aromatic ring is 1. The predicted octanol–water partition coefficient (Wildman–Crippen LogP) is 1.52. The Morgan fingerprint density at radius 2 is 2.32 bits per heavy atom. The molecule has 100 valence electrons. The van der Waals surface area contributed by atoms with E-state index in [1.165, 1.54) is 6.20 Å². The van der Waals surface area contributed by atoms with Crippen molar-refractivity contribution in [2.75, 3.05) is 11.1 Å². The molecule has 2 aromatic heterocycles. The molecule has 0 fully saturated rings. The molecule has 0 aliphatic carbocycles. The summed E-state index contributed by atoms with van der Waals surface area (Å²) in [7, 11) is 0. The lowest BCUT2D eigenvalue weighted by atomic mass is 10.2. The molecule has 0 aliphatic heterocycles. The summed E-state index contributed by atoms with van der Waals surface area (Å²) in [6.45, 7) is 2.09. The molecule has 4 N–H and O–H groups in total. The number of amides is 1. The van der Waals surface area contributed by atoms with Crippen molar-refractivity contribution in [3.8, 4) is 0 Å². The number of carbonyl (C=O) groups excluding carboxylic acids is 1. The van der Waals surface area contributed by atoms with Crippen LogP contribution in [-0.2, 0) is 17.6 Å². The molecule has 0 radical (unpaired) electrons. The number of nitrogens with zero attached hydrogens (tertiary/aromatic N) is 2. The highest BCUT2D eigenvalue weighted by atomic mass is 16.1. The Balaban J connectivity index is 1.91. The lowest BCUT2D eigenvalue weighted by molar-refractivity contribution is -0.115. The van der Waals surface area contributed by atoms with Gasteiger partial charge in [0.05, 0.1) is 18.3 Å². The Morgan fingerprint density at radius 1 is 1.47 bits per heavy atom. The zero-order valence-electron chi connectivity index (χ0n) is 10.8. The summed E-state index contributed by atoms with van der Waals surface area (Å²) in [4.78, 5) is 15.9. The van der Waals surface area contributed by atoms with Gasteiger partial charge in [0, 0.05) is 17.5 Å². The fourth-order valence-corrected chi connectivity index (χ4v) is 1.72. The van der Waals surface area contributed by atoms with Gasteiger partial charge in [-0.15, -0.1) is 0 Å². The highest BCUT2D eigenvalue weighted by molar-refractivity contribution is 5.91. The van der Waals surface area contributed by atoms with Gasteiger partial charge >= 0.3 is 0 Å². The smallest absolute Gasteiger partial charge is 0.231 e. The second-order valence-electron chi connectivity index (χ2n) is 4.34. The number of aryl methyl sites for hydroxylation is 1. The number of nitrogens with one attached hydrogen (secondary N) is 2. The molecule has 0 spiro atoms. The lowest BCUT2D eigenvalue weighted by Gasteiger charge is -2.01. The van der Waals surface area contributed by atoms with Crippen molar-refractivity contribution in [1.82, 2.24) is 15.2 Å². The molecule has 0 aliphatic rings. The molecule has 2 aromatic rings. The standard InChI is InChI=1S/C13H17N5O/c1-2-3-11-6-12(18-17-11)16-13(19)7-10-5-4-9(14)8-15-10/h4-6,8H,2-3,7,14H2,1H3,(H2,16,17,18,19). The van der Waals surface area contributed by atoms with Crippen LogP contribution in [0, 0.1) is 0 Å². The van der Waals surface area contributed by atoms with Crippen molar-refractivity contribution >= 4 is 17.4 Å². The molecule has 0 atom stereocenters. The number of H-pyrrole nitrogens is 1. The molecule has 0 unspecified atom stereocenters. The minimum atomic E-state index is -0.146. The number of aromatic amines is 1. The Kier molecular flexibility index (Phi) is 4.12. The van der Waals surface area contributed by atoms with Crippen molar-refractivity contribution in [1.29, 1.82) is 0 Å². The fraction of sp³-hybridized carbons (Fsp3) is 0.308. The Bertz CT molecular complexity index is 546. The zero-order chi connectivity index (χ0) is 13.7. The van der Waals surface area contributed by atoms with Crippen LogP contribution in [0.3, 0.4) is 0 Å². The molecule has 19 heavy (non-hydrogen) atoms. The van der Waals surface area contributed by atoms with E-state index in [1.54, 1.807) is 12.1 Å². The van der Waals surface area contributed by atoms with E-state index in [2.05, 4.69) is 27.4 Å². The van der Waals surface area contributed by atoms with Gasteiger partial charge in [0.15, 0.2) is 5.82 Å². The number of carbonyl (C=O) groups is 1. The molecule has 2 rings (SSSR count). The number of rotatable bonds is 5. The predicted molar refractivity (Wildman–Crippen MR) is 73.6 cm³/mol. The topological polar surface area (TPSA) is 96.7 Å². The lowest BCUT2D eigenvalue weighted by Crippen LogP contribution is -2.15. The Labute approximate surface area is 111 Å². The first-order chi connectivity index (χ1) is 9.17. The first kappa shape index (κ1) is 13.1. The molecule has 0 saturated heterocycles. The average Bonchev–Trinajstić information content (AvgIpc) is 2.80. The van der Waals surface area contributed by atoms with Gasteiger partial charge in [0.1, 0.15) is 0 Å². The molecular formula is C13H17N5O. The first-order valence-electron chi connectivity index (χ1n) is 6.22. The van der Waals surface area contributed by atoms with E-state index < -0.39 is 0 Å². The van der Waals surface area contributed by atoms with E-state index in [0.29, 0.717) is 17.2 Å². The summed E-state index contributed by atoms with van der Waals surface area (Å²) in [5.74, 6) is 0.399. The van der Waals surface area contributed by atoms with Crippen LogP contribution >= 0.6 is 0 Å². The fourth-order valence-electron chi connectivity index (χ4n) is 1.72. The molecule has 1 amide bonds. The van der Waals surface area contributed by atoms with Crippen molar-refractivity contribution < 1.29 is 4.79 Å². The van der Waals surface area contributed by atoms with Crippen LogP contribution < -0.4 is 11.1 Å². The Hall–Kier alpha value is -2.37.